The summed E-state index contributed by atoms with van der Waals surface area (Å²) in [6.45, 7) is 2.42. The van der Waals surface area contributed by atoms with Gasteiger partial charge in [0.2, 0.25) is 5.91 Å². The molecule has 1 atom stereocenters. The maximum Gasteiger partial charge on any atom is 0.229 e. The number of nitrogens with one attached hydrogen (secondary N) is 1. The molecule has 3 heteroatoms. The van der Waals surface area contributed by atoms with Crippen LogP contribution in [0.5, 0.6) is 0 Å². The second-order valence-corrected chi connectivity index (χ2v) is 3.74. The number of anilines is 1. The maximum atomic E-state index is 11.5. The Balaban J connectivity index is 2.40. The zero-order chi connectivity index (χ0) is 10.1. The number of nitrogens with two attached hydrogens (primary N) is 1. The van der Waals surface area contributed by atoms with Crippen LogP contribution < -0.4 is 11.1 Å². The Morgan fingerprint density at radius 2 is 2.36 bits per heavy atom. The number of amides is 1. The first kappa shape index (κ1) is 9.21. The smallest absolute Gasteiger partial charge is 0.229 e. The molecule has 0 saturated heterocycles. The van der Waals surface area contributed by atoms with E-state index in [0.29, 0.717) is 6.54 Å². The highest BCUT2D eigenvalue weighted by Gasteiger charge is 2.25. The average Bonchev–Trinajstić information content (AvgIpc) is 2.19. The van der Waals surface area contributed by atoms with E-state index in [4.69, 9.17) is 5.73 Å². The largest absolute Gasteiger partial charge is 0.330 e. The molecule has 0 spiro atoms. The molecule has 3 N–H and O–H groups in total. The Hall–Kier alpha value is -1.35. The summed E-state index contributed by atoms with van der Waals surface area (Å²) >= 11 is 0. The second kappa shape index (κ2) is 3.42. The Morgan fingerprint density at radius 1 is 1.57 bits per heavy atom. The number of hydrogen-bond donors (Lipinski definition) is 2. The van der Waals surface area contributed by atoms with Crippen molar-refractivity contribution >= 4 is 11.6 Å². The van der Waals surface area contributed by atoms with E-state index in [0.717, 1.165) is 17.7 Å². The van der Waals surface area contributed by atoms with Gasteiger partial charge >= 0.3 is 0 Å². The van der Waals surface area contributed by atoms with Crippen LogP contribution in [0.2, 0.25) is 0 Å². The first-order valence-electron chi connectivity index (χ1n) is 4.82. The fraction of sp³-hybridized carbons (Fsp3) is 0.364. The van der Waals surface area contributed by atoms with E-state index < -0.39 is 0 Å². The molecule has 0 bridgehead atoms. The fourth-order valence-electron chi connectivity index (χ4n) is 1.85. The summed E-state index contributed by atoms with van der Waals surface area (Å²) in [7, 11) is 0. The van der Waals surface area contributed by atoms with Gasteiger partial charge in [-0.15, -0.1) is 0 Å². The number of hydrogen-bond acceptors (Lipinski definition) is 2. The summed E-state index contributed by atoms with van der Waals surface area (Å²) in [5.41, 5.74) is 8.81. The average molecular weight is 190 g/mol. The number of para-hydroxylation sites is 1. The first-order valence-corrected chi connectivity index (χ1v) is 4.82. The Labute approximate surface area is 83.3 Å². The van der Waals surface area contributed by atoms with Gasteiger partial charge in [0, 0.05) is 12.2 Å². The molecule has 1 aliphatic heterocycles. The normalized spacial score (nSPS) is 20.1. The maximum absolute atomic E-state index is 11.5. The van der Waals surface area contributed by atoms with E-state index in [9.17, 15) is 4.79 Å². The van der Waals surface area contributed by atoms with Gasteiger partial charge in [0.25, 0.3) is 0 Å². The van der Waals surface area contributed by atoms with Crippen LogP contribution in [0.3, 0.4) is 0 Å². The van der Waals surface area contributed by atoms with Gasteiger partial charge in [0.05, 0.1) is 5.92 Å². The zero-order valence-corrected chi connectivity index (χ0v) is 8.21. The fourth-order valence-corrected chi connectivity index (χ4v) is 1.85. The summed E-state index contributed by atoms with van der Waals surface area (Å²) in [6.07, 6.45) is 0.763. The molecule has 2 rings (SSSR count). The third-order valence-corrected chi connectivity index (χ3v) is 2.73. The first-order chi connectivity index (χ1) is 6.72. The molecule has 1 amide bonds. The molecule has 14 heavy (non-hydrogen) atoms. The molecule has 0 radical (unpaired) electrons. The van der Waals surface area contributed by atoms with E-state index in [1.54, 1.807) is 0 Å². The van der Waals surface area contributed by atoms with E-state index in [1.165, 1.54) is 5.56 Å². The van der Waals surface area contributed by atoms with Gasteiger partial charge in [0.1, 0.15) is 0 Å². The molecule has 1 aliphatic rings. The van der Waals surface area contributed by atoms with Gasteiger partial charge in [-0.3, -0.25) is 4.79 Å². The number of rotatable bonds is 1. The van der Waals surface area contributed by atoms with Crippen molar-refractivity contribution in [2.75, 3.05) is 11.9 Å². The van der Waals surface area contributed by atoms with Crippen molar-refractivity contribution in [2.45, 2.75) is 13.3 Å². The Morgan fingerprint density at radius 3 is 3.07 bits per heavy atom. The van der Waals surface area contributed by atoms with Gasteiger partial charge in [-0.1, -0.05) is 18.2 Å². The molecular weight excluding hydrogens is 176 g/mol. The zero-order valence-electron chi connectivity index (χ0n) is 8.21. The lowest BCUT2D eigenvalue weighted by atomic mass is 9.92. The molecule has 0 saturated carbocycles. The van der Waals surface area contributed by atoms with E-state index in [1.807, 2.05) is 25.1 Å². The quantitative estimate of drug-likeness (QED) is 0.695. The molecule has 3 nitrogen and oxygen atoms in total. The highest BCUT2D eigenvalue weighted by molar-refractivity contribution is 5.96. The third kappa shape index (κ3) is 1.40. The lowest BCUT2D eigenvalue weighted by Gasteiger charge is -2.24. The minimum absolute atomic E-state index is 0.0503. The number of carbonyl (C=O) groups excluding carboxylic acids is 1. The number of benzene rings is 1. The predicted molar refractivity (Wildman–Crippen MR) is 56.1 cm³/mol. The molecule has 1 unspecified atom stereocenters. The van der Waals surface area contributed by atoms with Crippen molar-refractivity contribution < 1.29 is 4.79 Å². The highest BCUT2D eigenvalue weighted by atomic mass is 16.1. The Bertz CT molecular complexity index is 374. The monoisotopic (exact) mass is 190 g/mol. The van der Waals surface area contributed by atoms with Crippen LogP contribution in [0.4, 0.5) is 5.69 Å². The highest BCUT2D eigenvalue weighted by Crippen LogP contribution is 2.27. The minimum Gasteiger partial charge on any atom is -0.330 e. The topological polar surface area (TPSA) is 55.1 Å². The lowest BCUT2D eigenvalue weighted by molar-refractivity contribution is -0.119. The Kier molecular flexibility index (Phi) is 2.25. The van der Waals surface area contributed by atoms with Crippen molar-refractivity contribution in [3.8, 4) is 0 Å². The number of carbonyl (C=O) groups is 1. The molecule has 74 valence electrons. The van der Waals surface area contributed by atoms with Gasteiger partial charge < -0.3 is 11.1 Å². The molecule has 0 aromatic heterocycles. The van der Waals surface area contributed by atoms with Crippen LogP contribution in [-0.4, -0.2) is 12.5 Å². The van der Waals surface area contributed by atoms with Gasteiger partial charge in [-0.05, 0) is 24.5 Å². The van der Waals surface area contributed by atoms with Gasteiger partial charge in [0.15, 0.2) is 0 Å². The van der Waals surface area contributed by atoms with Crippen LogP contribution in [0.25, 0.3) is 0 Å². The van der Waals surface area contributed by atoms with Crippen molar-refractivity contribution in [1.29, 1.82) is 0 Å². The molecule has 1 heterocycles. The van der Waals surface area contributed by atoms with E-state index in [2.05, 4.69) is 5.32 Å². The van der Waals surface area contributed by atoms with Crippen LogP contribution in [0, 0.1) is 12.8 Å². The third-order valence-electron chi connectivity index (χ3n) is 2.73. The molecule has 1 aromatic rings. The van der Waals surface area contributed by atoms with Crippen molar-refractivity contribution in [2.24, 2.45) is 11.7 Å². The van der Waals surface area contributed by atoms with Crippen LogP contribution in [0.1, 0.15) is 11.1 Å². The lowest BCUT2D eigenvalue weighted by Crippen LogP contribution is -2.35. The summed E-state index contributed by atoms with van der Waals surface area (Å²) in [4.78, 5) is 11.5. The molecule has 0 aliphatic carbocycles. The van der Waals surface area contributed by atoms with Crippen LogP contribution in [0.15, 0.2) is 18.2 Å². The van der Waals surface area contributed by atoms with Gasteiger partial charge in [-0.25, -0.2) is 0 Å². The minimum atomic E-state index is -0.0655. The molecule has 1 aromatic carbocycles. The summed E-state index contributed by atoms with van der Waals surface area (Å²) in [5.74, 6) is -0.0152. The predicted octanol–water partition coefficient (Wildman–Crippen LogP) is 1.06. The van der Waals surface area contributed by atoms with Crippen molar-refractivity contribution in [3.05, 3.63) is 29.3 Å². The van der Waals surface area contributed by atoms with E-state index in [-0.39, 0.29) is 11.8 Å². The van der Waals surface area contributed by atoms with Crippen LogP contribution >= 0.6 is 0 Å². The molecule has 0 fully saturated rings. The van der Waals surface area contributed by atoms with Crippen molar-refractivity contribution in [1.82, 2.24) is 0 Å². The SMILES string of the molecule is Cc1cccc2c1NC(=O)C(CN)C2. The summed E-state index contributed by atoms with van der Waals surface area (Å²) in [5, 5.41) is 2.91. The second-order valence-electron chi connectivity index (χ2n) is 3.74. The van der Waals surface area contributed by atoms with Crippen molar-refractivity contribution in [3.63, 3.8) is 0 Å². The van der Waals surface area contributed by atoms with Crippen LogP contribution in [-0.2, 0) is 11.2 Å². The number of fused-ring (bicyclic) bond motifs is 1. The standard InChI is InChI=1S/C11H14N2O/c1-7-3-2-4-8-5-9(6-12)11(14)13-10(7)8/h2-4,9H,5-6,12H2,1H3,(H,13,14). The van der Waals surface area contributed by atoms with Gasteiger partial charge in [-0.2, -0.15) is 0 Å². The summed E-state index contributed by atoms with van der Waals surface area (Å²) in [6, 6.07) is 6.06. The number of aryl methyl sites for hydroxylation is 1. The van der Waals surface area contributed by atoms with E-state index >= 15 is 0 Å². The summed E-state index contributed by atoms with van der Waals surface area (Å²) < 4.78 is 0. The molecular formula is C11H14N2O.